The van der Waals surface area contributed by atoms with Crippen molar-refractivity contribution < 1.29 is 22.9 Å². The second-order valence-electron chi connectivity index (χ2n) is 3.90. The molecule has 6 nitrogen and oxygen atoms in total. The van der Waals surface area contributed by atoms with Gasteiger partial charge in [-0.2, -0.15) is 8.42 Å². The number of carboxylic acids is 1. The monoisotopic (exact) mass is 309 g/mol. The van der Waals surface area contributed by atoms with Gasteiger partial charge in [0.1, 0.15) is 6.54 Å². The van der Waals surface area contributed by atoms with Crippen LogP contribution < -0.4 is 5.32 Å². The van der Waals surface area contributed by atoms with Crippen molar-refractivity contribution in [2.45, 2.75) is 4.90 Å². The highest BCUT2D eigenvalue weighted by atomic mass is 32.2. The number of carboxylic acid groups (broad SMARTS) is 1. The largest absolute Gasteiger partial charge is 0.480 e. The van der Waals surface area contributed by atoms with Crippen LogP contribution in [-0.4, -0.2) is 30.6 Å². The Labute approximate surface area is 122 Å². The van der Waals surface area contributed by atoms with Gasteiger partial charge in [-0.15, -0.1) is 0 Å². The summed E-state index contributed by atoms with van der Waals surface area (Å²) in [6, 6.07) is 16.7. The van der Waals surface area contributed by atoms with E-state index in [0.717, 1.165) is 5.69 Å². The minimum absolute atomic E-state index is 0.0377. The molecule has 3 N–H and O–H groups in total. The summed E-state index contributed by atoms with van der Waals surface area (Å²) in [5.74, 6) is -0.853. The van der Waals surface area contributed by atoms with Crippen LogP contribution in [0.15, 0.2) is 65.6 Å². The van der Waals surface area contributed by atoms with Crippen LogP contribution in [0.1, 0.15) is 0 Å². The van der Waals surface area contributed by atoms with Gasteiger partial charge in [-0.3, -0.25) is 9.35 Å². The zero-order chi connectivity index (χ0) is 15.7. The van der Waals surface area contributed by atoms with Crippen molar-refractivity contribution in [1.82, 2.24) is 0 Å². The fraction of sp³-hybridized carbons (Fsp3) is 0.0714. The highest BCUT2D eigenvalue weighted by Crippen LogP contribution is 2.05. The van der Waals surface area contributed by atoms with Crippen LogP contribution in [0.3, 0.4) is 0 Å². The molecule has 0 aliphatic rings. The predicted molar refractivity (Wildman–Crippen MR) is 78.8 cm³/mol. The van der Waals surface area contributed by atoms with Crippen LogP contribution in [0.4, 0.5) is 5.69 Å². The fourth-order valence-electron chi connectivity index (χ4n) is 1.33. The van der Waals surface area contributed by atoms with Crippen molar-refractivity contribution in [2.75, 3.05) is 11.9 Å². The lowest BCUT2D eigenvalue weighted by Crippen LogP contribution is -2.11. The first kappa shape index (κ1) is 16.7. The fourth-order valence-corrected chi connectivity index (χ4v) is 1.83. The molecule has 2 aromatic rings. The second kappa shape index (κ2) is 8.03. The maximum absolute atomic E-state index is 10.4. The number of anilines is 1. The average Bonchev–Trinajstić information content (AvgIpc) is 2.47. The van der Waals surface area contributed by atoms with Gasteiger partial charge in [-0.25, -0.2) is 0 Å². The third-order valence-electron chi connectivity index (χ3n) is 2.26. The Kier molecular flexibility index (Phi) is 6.38. The van der Waals surface area contributed by atoms with Crippen molar-refractivity contribution in [3.05, 3.63) is 60.7 Å². The number of hydrogen-bond acceptors (Lipinski definition) is 4. The van der Waals surface area contributed by atoms with E-state index in [-0.39, 0.29) is 11.4 Å². The van der Waals surface area contributed by atoms with Crippen molar-refractivity contribution >= 4 is 21.8 Å². The number of hydrogen-bond donors (Lipinski definition) is 3. The zero-order valence-electron chi connectivity index (χ0n) is 11.0. The minimum atomic E-state index is -4.00. The summed E-state index contributed by atoms with van der Waals surface area (Å²) in [6.45, 7) is -0.0377. The lowest BCUT2D eigenvalue weighted by Gasteiger charge is -2.00. The summed E-state index contributed by atoms with van der Waals surface area (Å²) in [7, 11) is -4.00. The molecule has 0 saturated heterocycles. The molecule has 0 aromatic heterocycles. The van der Waals surface area contributed by atoms with Crippen LogP contribution in [0.2, 0.25) is 0 Å². The third kappa shape index (κ3) is 7.09. The van der Waals surface area contributed by atoms with Crippen LogP contribution in [-0.2, 0) is 14.9 Å². The zero-order valence-corrected chi connectivity index (χ0v) is 11.8. The van der Waals surface area contributed by atoms with Crippen LogP contribution >= 0.6 is 0 Å². The molecular weight excluding hydrogens is 294 g/mol. The molecule has 0 heterocycles. The van der Waals surface area contributed by atoms with E-state index in [0.29, 0.717) is 0 Å². The van der Waals surface area contributed by atoms with Gasteiger partial charge in [0.2, 0.25) is 0 Å². The average molecular weight is 309 g/mol. The normalized spacial score (nSPS) is 10.1. The first-order valence-electron chi connectivity index (χ1n) is 5.93. The van der Waals surface area contributed by atoms with Crippen LogP contribution in [0.5, 0.6) is 0 Å². The van der Waals surface area contributed by atoms with Gasteiger partial charge < -0.3 is 10.4 Å². The molecule has 2 rings (SSSR count). The van der Waals surface area contributed by atoms with E-state index in [9.17, 15) is 13.2 Å². The maximum atomic E-state index is 10.4. The van der Waals surface area contributed by atoms with Crippen molar-refractivity contribution in [1.29, 1.82) is 0 Å². The van der Waals surface area contributed by atoms with Crippen LogP contribution in [0.25, 0.3) is 0 Å². The molecule has 0 amide bonds. The number of benzene rings is 2. The molecule has 0 fully saturated rings. The summed E-state index contributed by atoms with van der Waals surface area (Å²) >= 11 is 0. The predicted octanol–water partition coefficient (Wildman–Crippen LogP) is 2.12. The highest BCUT2D eigenvalue weighted by molar-refractivity contribution is 7.85. The molecule has 0 saturated carbocycles. The number of para-hydroxylation sites is 1. The summed E-state index contributed by atoms with van der Waals surface area (Å²) in [5, 5.41) is 11.1. The standard InChI is InChI=1S/C8H9NO2.C6H6O3S/c10-8(11)6-9-7-4-2-1-3-5-7;7-10(8,9)6-4-2-1-3-5-6/h1-5,9H,6H2,(H,10,11);1-5H,(H,7,8,9). The number of carbonyl (C=O) groups is 1. The van der Waals surface area contributed by atoms with E-state index in [2.05, 4.69) is 5.32 Å². The number of rotatable bonds is 4. The Balaban J connectivity index is 0.000000211. The van der Waals surface area contributed by atoms with Gasteiger partial charge in [0.05, 0.1) is 4.90 Å². The van der Waals surface area contributed by atoms with Gasteiger partial charge >= 0.3 is 5.97 Å². The van der Waals surface area contributed by atoms with Crippen LogP contribution in [0, 0.1) is 0 Å². The minimum Gasteiger partial charge on any atom is -0.480 e. The molecule has 0 atom stereocenters. The van der Waals surface area contributed by atoms with Crippen molar-refractivity contribution in [3.8, 4) is 0 Å². The van der Waals surface area contributed by atoms with Gasteiger partial charge in [0, 0.05) is 5.69 Å². The maximum Gasteiger partial charge on any atom is 0.322 e. The molecule has 0 aliphatic carbocycles. The third-order valence-corrected chi connectivity index (χ3v) is 3.13. The molecule has 2 aromatic carbocycles. The smallest absolute Gasteiger partial charge is 0.322 e. The quantitative estimate of drug-likeness (QED) is 0.747. The lowest BCUT2D eigenvalue weighted by molar-refractivity contribution is -0.134. The van der Waals surface area contributed by atoms with Gasteiger partial charge in [0.25, 0.3) is 10.1 Å². The highest BCUT2D eigenvalue weighted by Gasteiger charge is 2.05. The molecule has 7 heteroatoms. The second-order valence-corrected chi connectivity index (χ2v) is 5.32. The Morgan fingerprint density at radius 2 is 1.43 bits per heavy atom. The summed E-state index contributed by atoms with van der Waals surface area (Å²) in [5.41, 5.74) is 0.829. The Morgan fingerprint density at radius 1 is 0.952 bits per heavy atom. The summed E-state index contributed by atoms with van der Waals surface area (Å²) in [6.07, 6.45) is 0. The van der Waals surface area contributed by atoms with Crippen molar-refractivity contribution in [3.63, 3.8) is 0 Å². The molecule has 0 radical (unpaired) electrons. The van der Waals surface area contributed by atoms with Gasteiger partial charge in [-0.05, 0) is 24.3 Å². The molecule has 21 heavy (non-hydrogen) atoms. The van der Waals surface area contributed by atoms with E-state index in [1.165, 1.54) is 12.1 Å². The summed E-state index contributed by atoms with van der Waals surface area (Å²) < 4.78 is 29.2. The Morgan fingerprint density at radius 3 is 1.81 bits per heavy atom. The molecule has 0 aliphatic heterocycles. The first-order chi connectivity index (χ1) is 9.89. The van der Waals surface area contributed by atoms with E-state index >= 15 is 0 Å². The number of aliphatic carboxylic acids is 1. The molecule has 0 unspecified atom stereocenters. The van der Waals surface area contributed by atoms with Gasteiger partial charge in [0.15, 0.2) is 0 Å². The number of nitrogens with one attached hydrogen (secondary N) is 1. The van der Waals surface area contributed by atoms with E-state index in [4.69, 9.17) is 9.66 Å². The van der Waals surface area contributed by atoms with E-state index in [1.807, 2.05) is 30.3 Å². The van der Waals surface area contributed by atoms with Gasteiger partial charge in [-0.1, -0.05) is 36.4 Å². The summed E-state index contributed by atoms with van der Waals surface area (Å²) in [4.78, 5) is 10.0. The lowest BCUT2D eigenvalue weighted by atomic mass is 10.3. The Bertz CT molecular complexity index is 656. The van der Waals surface area contributed by atoms with E-state index < -0.39 is 16.1 Å². The first-order valence-corrected chi connectivity index (χ1v) is 7.37. The SMILES string of the molecule is O=C(O)CNc1ccccc1.O=S(=O)(O)c1ccccc1. The molecule has 0 spiro atoms. The Hall–Kier alpha value is -2.38. The molecule has 112 valence electrons. The van der Waals surface area contributed by atoms with Crippen molar-refractivity contribution in [2.24, 2.45) is 0 Å². The van der Waals surface area contributed by atoms with E-state index in [1.54, 1.807) is 18.2 Å². The molecule has 0 bridgehead atoms. The molecular formula is C14H15NO5S. The topological polar surface area (TPSA) is 104 Å².